The summed E-state index contributed by atoms with van der Waals surface area (Å²) in [5.74, 6) is 0. The maximum absolute atomic E-state index is 4.44. The predicted octanol–water partition coefficient (Wildman–Crippen LogP) is 2.47. The van der Waals surface area contributed by atoms with Gasteiger partial charge in [-0.05, 0) is 58.7 Å². The zero-order valence-corrected chi connectivity index (χ0v) is 13.5. The molecular weight excluding hydrogens is 248 g/mol. The lowest BCUT2D eigenvalue weighted by Gasteiger charge is -2.35. The molecule has 4 nitrogen and oxygen atoms in total. The summed E-state index contributed by atoms with van der Waals surface area (Å²) in [7, 11) is 4.30. The largest absolute Gasteiger partial charge is 0.314 e. The molecular formula is C16H30N4. The van der Waals surface area contributed by atoms with Crippen LogP contribution in [0, 0.1) is 6.92 Å². The second-order valence-corrected chi connectivity index (χ2v) is 6.28. The topological polar surface area (TPSA) is 33.1 Å². The van der Waals surface area contributed by atoms with E-state index in [1.807, 2.05) is 11.7 Å². The highest BCUT2D eigenvalue weighted by atomic mass is 15.3. The van der Waals surface area contributed by atoms with Crippen molar-refractivity contribution in [1.29, 1.82) is 0 Å². The van der Waals surface area contributed by atoms with Gasteiger partial charge in [0, 0.05) is 25.7 Å². The van der Waals surface area contributed by atoms with Crippen molar-refractivity contribution in [2.75, 3.05) is 13.6 Å². The molecule has 0 radical (unpaired) electrons. The van der Waals surface area contributed by atoms with Crippen LogP contribution in [0.5, 0.6) is 0 Å². The minimum Gasteiger partial charge on any atom is -0.314 e. The molecule has 0 aromatic carbocycles. The first kappa shape index (κ1) is 15.5. The van der Waals surface area contributed by atoms with Crippen LogP contribution >= 0.6 is 0 Å². The third kappa shape index (κ3) is 4.06. The molecule has 1 saturated carbocycles. The molecule has 2 rings (SSSR count). The zero-order chi connectivity index (χ0) is 14.5. The third-order valence-electron chi connectivity index (χ3n) is 4.51. The van der Waals surface area contributed by atoms with Gasteiger partial charge >= 0.3 is 0 Å². The average molecular weight is 278 g/mol. The van der Waals surface area contributed by atoms with E-state index in [0.29, 0.717) is 0 Å². The van der Waals surface area contributed by atoms with Gasteiger partial charge < -0.3 is 5.32 Å². The summed E-state index contributed by atoms with van der Waals surface area (Å²) in [5, 5.41) is 8.10. The standard InChI is InChI=1S/C16H30N4/c1-5-10-17-14-6-8-15(9-7-14)19(3)12-16-11-13(2)18-20(16)4/h11,14-15,17H,5-10,12H2,1-4H3. The van der Waals surface area contributed by atoms with Crippen LogP contribution in [-0.2, 0) is 13.6 Å². The van der Waals surface area contributed by atoms with Crippen LogP contribution in [0.3, 0.4) is 0 Å². The van der Waals surface area contributed by atoms with Gasteiger partial charge in [0.05, 0.1) is 11.4 Å². The van der Waals surface area contributed by atoms with Gasteiger partial charge in [0.2, 0.25) is 0 Å². The molecule has 0 amide bonds. The summed E-state index contributed by atoms with van der Waals surface area (Å²) < 4.78 is 2.01. The van der Waals surface area contributed by atoms with Gasteiger partial charge in [-0.2, -0.15) is 5.10 Å². The number of nitrogens with zero attached hydrogens (tertiary/aromatic N) is 3. The van der Waals surface area contributed by atoms with E-state index in [9.17, 15) is 0 Å². The third-order valence-corrected chi connectivity index (χ3v) is 4.51. The summed E-state index contributed by atoms with van der Waals surface area (Å²) in [6.45, 7) is 6.48. The molecule has 0 unspecified atom stereocenters. The molecule has 0 atom stereocenters. The molecule has 0 aliphatic heterocycles. The summed E-state index contributed by atoms with van der Waals surface area (Å²) in [4.78, 5) is 2.51. The van der Waals surface area contributed by atoms with Crippen LogP contribution in [-0.4, -0.2) is 40.4 Å². The zero-order valence-electron chi connectivity index (χ0n) is 13.5. The monoisotopic (exact) mass is 278 g/mol. The van der Waals surface area contributed by atoms with E-state index in [1.165, 1.54) is 44.3 Å². The number of aromatic nitrogens is 2. The quantitative estimate of drug-likeness (QED) is 0.868. The number of rotatable bonds is 6. The second-order valence-electron chi connectivity index (χ2n) is 6.28. The molecule has 20 heavy (non-hydrogen) atoms. The fourth-order valence-electron chi connectivity index (χ4n) is 3.27. The van der Waals surface area contributed by atoms with Crippen LogP contribution in [0.2, 0.25) is 0 Å². The Morgan fingerprint density at radius 1 is 1.35 bits per heavy atom. The van der Waals surface area contributed by atoms with Crippen LogP contribution in [0.15, 0.2) is 6.07 Å². The normalized spacial score (nSPS) is 23.4. The van der Waals surface area contributed by atoms with Gasteiger partial charge in [-0.3, -0.25) is 9.58 Å². The van der Waals surface area contributed by atoms with E-state index >= 15 is 0 Å². The van der Waals surface area contributed by atoms with Gasteiger partial charge in [0.1, 0.15) is 0 Å². The molecule has 1 aromatic heterocycles. The van der Waals surface area contributed by atoms with Gasteiger partial charge in [-0.25, -0.2) is 0 Å². The van der Waals surface area contributed by atoms with Crippen LogP contribution in [0.1, 0.15) is 50.4 Å². The summed E-state index contributed by atoms with van der Waals surface area (Å²) in [5.41, 5.74) is 2.43. The van der Waals surface area contributed by atoms with Gasteiger partial charge in [-0.15, -0.1) is 0 Å². The van der Waals surface area contributed by atoms with Crippen LogP contribution in [0.4, 0.5) is 0 Å². The fraction of sp³-hybridized carbons (Fsp3) is 0.812. The Kier molecular flexibility index (Phi) is 5.61. The lowest BCUT2D eigenvalue weighted by molar-refractivity contribution is 0.165. The van der Waals surface area contributed by atoms with E-state index in [2.05, 4.69) is 42.3 Å². The maximum atomic E-state index is 4.44. The summed E-state index contributed by atoms with van der Waals surface area (Å²) >= 11 is 0. The SMILES string of the molecule is CCCNC1CCC(N(C)Cc2cc(C)nn2C)CC1. The Labute approximate surface area is 123 Å². The number of hydrogen-bond donors (Lipinski definition) is 1. The van der Waals surface area contributed by atoms with Crippen molar-refractivity contribution in [2.45, 2.75) is 64.6 Å². The first-order valence-corrected chi connectivity index (χ1v) is 8.03. The van der Waals surface area contributed by atoms with E-state index in [1.54, 1.807) is 0 Å². The van der Waals surface area contributed by atoms with Crippen LogP contribution in [0.25, 0.3) is 0 Å². The molecule has 0 spiro atoms. The Hall–Kier alpha value is -0.870. The summed E-state index contributed by atoms with van der Waals surface area (Å²) in [6, 6.07) is 3.67. The number of aryl methyl sites for hydroxylation is 2. The van der Waals surface area contributed by atoms with Crippen molar-refractivity contribution in [3.05, 3.63) is 17.5 Å². The van der Waals surface area contributed by atoms with Gasteiger partial charge in [0.25, 0.3) is 0 Å². The molecule has 0 bridgehead atoms. The lowest BCUT2D eigenvalue weighted by atomic mass is 9.90. The molecule has 0 saturated heterocycles. The molecule has 114 valence electrons. The van der Waals surface area contributed by atoms with Crippen molar-refractivity contribution in [2.24, 2.45) is 7.05 Å². The van der Waals surface area contributed by atoms with Gasteiger partial charge in [-0.1, -0.05) is 6.92 Å². The van der Waals surface area contributed by atoms with Crippen molar-refractivity contribution in [3.8, 4) is 0 Å². The van der Waals surface area contributed by atoms with Gasteiger partial charge in [0.15, 0.2) is 0 Å². The van der Waals surface area contributed by atoms with Crippen molar-refractivity contribution >= 4 is 0 Å². The molecule has 1 heterocycles. The number of nitrogens with one attached hydrogen (secondary N) is 1. The van der Waals surface area contributed by atoms with Crippen LogP contribution < -0.4 is 5.32 Å². The highest BCUT2D eigenvalue weighted by molar-refractivity contribution is 5.08. The molecule has 1 fully saturated rings. The Morgan fingerprint density at radius 3 is 2.60 bits per heavy atom. The Balaban J connectivity index is 1.80. The van der Waals surface area contributed by atoms with E-state index in [0.717, 1.165) is 24.3 Å². The molecule has 1 aliphatic rings. The van der Waals surface area contributed by atoms with E-state index < -0.39 is 0 Å². The highest BCUT2D eigenvalue weighted by Gasteiger charge is 2.24. The maximum Gasteiger partial charge on any atom is 0.0597 e. The first-order valence-electron chi connectivity index (χ1n) is 8.03. The first-order chi connectivity index (χ1) is 9.60. The molecule has 1 N–H and O–H groups in total. The predicted molar refractivity (Wildman–Crippen MR) is 83.7 cm³/mol. The molecule has 1 aliphatic carbocycles. The average Bonchev–Trinajstić information content (AvgIpc) is 2.75. The lowest BCUT2D eigenvalue weighted by Crippen LogP contribution is -2.41. The molecule has 4 heteroatoms. The Morgan fingerprint density at radius 2 is 2.05 bits per heavy atom. The van der Waals surface area contributed by atoms with Crippen molar-refractivity contribution < 1.29 is 0 Å². The second kappa shape index (κ2) is 7.23. The minimum atomic E-state index is 0.727. The van der Waals surface area contributed by atoms with Crippen molar-refractivity contribution in [1.82, 2.24) is 20.0 Å². The highest BCUT2D eigenvalue weighted by Crippen LogP contribution is 2.23. The number of hydrogen-bond acceptors (Lipinski definition) is 3. The van der Waals surface area contributed by atoms with E-state index in [4.69, 9.17) is 0 Å². The Bertz CT molecular complexity index is 405. The fourth-order valence-corrected chi connectivity index (χ4v) is 3.27. The van der Waals surface area contributed by atoms with Crippen molar-refractivity contribution in [3.63, 3.8) is 0 Å². The minimum absolute atomic E-state index is 0.727. The molecule has 1 aromatic rings. The van der Waals surface area contributed by atoms with E-state index in [-0.39, 0.29) is 0 Å². The smallest absolute Gasteiger partial charge is 0.0597 e. The summed E-state index contributed by atoms with van der Waals surface area (Å²) in [6.07, 6.45) is 6.50.